The van der Waals surface area contributed by atoms with E-state index in [1.165, 1.54) is 0 Å². The molecule has 8 nitrogen and oxygen atoms in total. The smallest absolute Gasteiger partial charge is 0.251 e. The molecule has 0 spiro atoms. The van der Waals surface area contributed by atoms with Gasteiger partial charge in [0, 0.05) is 61.9 Å². The molecule has 0 aliphatic carbocycles. The van der Waals surface area contributed by atoms with Gasteiger partial charge in [-0.15, -0.1) is 0 Å². The molecule has 0 saturated carbocycles. The monoisotopic (exact) mass is 501 g/mol. The van der Waals surface area contributed by atoms with Crippen LogP contribution in [0.2, 0.25) is 0 Å². The van der Waals surface area contributed by atoms with Crippen molar-refractivity contribution in [3.8, 4) is 0 Å². The van der Waals surface area contributed by atoms with Crippen molar-refractivity contribution in [2.24, 2.45) is 0 Å². The normalized spacial score (nSPS) is 14.9. The summed E-state index contributed by atoms with van der Waals surface area (Å²) in [7, 11) is 0. The van der Waals surface area contributed by atoms with E-state index in [1.807, 2.05) is 55.5 Å². The Labute approximate surface area is 218 Å². The molecule has 2 amide bonds. The van der Waals surface area contributed by atoms with Crippen molar-refractivity contribution in [2.45, 2.75) is 44.9 Å². The molecule has 1 saturated heterocycles. The van der Waals surface area contributed by atoms with Crippen molar-refractivity contribution in [3.05, 3.63) is 89.7 Å². The molecule has 4 N–H and O–H groups in total. The molecule has 0 radical (unpaired) electrons. The molecular formula is C29H35N5O3. The first-order valence-electron chi connectivity index (χ1n) is 12.8. The summed E-state index contributed by atoms with van der Waals surface area (Å²) in [4.78, 5) is 31.7. The van der Waals surface area contributed by atoms with Gasteiger partial charge < -0.3 is 26.0 Å². The first-order valence-corrected chi connectivity index (χ1v) is 12.8. The predicted molar refractivity (Wildman–Crippen MR) is 146 cm³/mol. The van der Waals surface area contributed by atoms with Gasteiger partial charge in [-0.2, -0.15) is 0 Å². The van der Waals surface area contributed by atoms with Gasteiger partial charge in [-0.3, -0.25) is 14.6 Å². The number of amides is 2. The maximum absolute atomic E-state index is 13.5. The highest BCUT2D eigenvalue weighted by Crippen LogP contribution is 2.27. The molecule has 1 fully saturated rings. The number of carbonyl (C=O) groups is 2. The van der Waals surface area contributed by atoms with Crippen molar-refractivity contribution < 1.29 is 14.7 Å². The third-order valence-electron chi connectivity index (χ3n) is 6.43. The number of anilines is 2. The number of aromatic nitrogens is 1. The van der Waals surface area contributed by atoms with E-state index in [0.717, 1.165) is 23.2 Å². The summed E-state index contributed by atoms with van der Waals surface area (Å²) in [6, 6.07) is 18.6. The van der Waals surface area contributed by atoms with E-state index >= 15 is 0 Å². The molecule has 3 aromatic rings. The minimum atomic E-state index is -0.822. The molecular weight excluding hydrogens is 466 g/mol. The van der Waals surface area contributed by atoms with Gasteiger partial charge in [-0.25, -0.2) is 0 Å². The largest absolute Gasteiger partial charge is 0.390 e. The van der Waals surface area contributed by atoms with Crippen LogP contribution in [0.25, 0.3) is 0 Å². The topological polar surface area (TPSA) is 107 Å². The maximum Gasteiger partial charge on any atom is 0.251 e. The van der Waals surface area contributed by atoms with E-state index in [9.17, 15) is 14.7 Å². The number of carbonyl (C=O) groups excluding carboxylic acids is 2. The second-order valence-electron chi connectivity index (χ2n) is 9.28. The summed E-state index contributed by atoms with van der Waals surface area (Å²) in [6.45, 7) is 4.19. The Morgan fingerprint density at radius 2 is 1.92 bits per heavy atom. The summed E-state index contributed by atoms with van der Waals surface area (Å²) >= 11 is 0. The zero-order chi connectivity index (χ0) is 26.0. The van der Waals surface area contributed by atoms with Crippen LogP contribution in [0.1, 0.15) is 41.3 Å². The number of rotatable bonds is 12. The van der Waals surface area contributed by atoms with Crippen molar-refractivity contribution in [1.82, 2.24) is 15.6 Å². The van der Waals surface area contributed by atoms with Crippen molar-refractivity contribution in [2.75, 3.05) is 29.9 Å². The van der Waals surface area contributed by atoms with Crippen LogP contribution in [-0.2, 0) is 17.8 Å². The summed E-state index contributed by atoms with van der Waals surface area (Å²) < 4.78 is 0. The third-order valence-corrected chi connectivity index (χ3v) is 6.43. The molecule has 194 valence electrons. The quantitative estimate of drug-likeness (QED) is 0.304. The van der Waals surface area contributed by atoms with Crippen molar-refractivity contribution in [3.63, 3.8) is 0 Å². The van der Waals surface area contributed by atoms with Gasteiger partial charge >= 0.3 is 0 Å². The zero-order valence-corrected chi connectivity index (χ0v) is 21.2. The molecule has 2 heterocycles. The Balaban J connectivity index is 1.50. The van der Waals surface area contributed by atoms with Gasteiger partial charge in [0.05, 0.1) is 12.1 Å². The van der Waals surface area contributed by atoms with Gasteiger partial charge in [-0.05, 0) is 55.2 Å². The number of aliphatic hydroxyl groups is 1. The Kier molecular flexibility index (Phi) is 9.24. The summed E-state index contributed by atoms with van der Waals surface area (Å²) in [5, 5.41) is 20.7. The Bertz CT molecular complexity index is 1170. The van der Waals surface area contributed by atoms with Gasteiger partial charge in [0.1, 0.15) is 0 Å². The lowest BCUT2D eigenvalue weighted by molar-refractivity contribution is -0.117. The number of aliphatic hydroxyl groups excluding tert-OH is 1. The Hall–Kier alpha value is -3.75. The summed E-state index contributed by atoms with van der Waals surface area (Å²) in [6.07, 6.45) is 4.49. The first-order chi connectivity index (χ1) is 18.0. The first kappa shape index (κ1) is 26.3. The highest BCUT2D eigenvalue weighted by Gasteiger charge is 2.25. The van der Waals surface area contributed by atoms with E-state index in [-0.39, 0.29) is 11.8 Å². The molecule has 2 aromatic carbocycles. The average molecular weight is 502 g/mol. The Morgan fingerprint density at radius 3 is 2.62 bits per heavy atom. The van der Waals surface area contributed by atoms with Crippen molar-refractivity contribution >= 4 is 23.2 Å². The highest BCUT2D eigenvalue weighted by molar-refractivity contribution is 6.00. The van der Waals surface area contributed by atoms with Gasteiger partial charge in [0.2, 0.25) is 5.91 Å². The Morgan fingerprint density at radius 1 is 1.11 bits per heavy atom. The fraction of sp³-hybridized carbons (Fsp3) is 0.345. The molecule has 1 aromatic heterocycles. The van der Waals surface area contributed by atoms with Crippen LogP contribution >= 0.6 is 0 Å². The molecule has 37 heavy (non-hydrogen) atoms. The second kappa shape index (κ2) is 13.0. The minimum Gasteiger partial charge on any atom is -0.390 e. The number of nitrogens with zero attached hydrogens (tertiary/aromatic N) is 2. The van der Waals surface area contributed by atoms with Crippen LogP contribution in [0, 0.1) is 0 Å². The molecule has 2 unspecified atom stereocenters. The lowest BCUT2D eigenvalue weighted by Crippen LogP contribution is -2.48. The third kappa shape index (κ3) is 7.38. The van der Waals surface area contributed by atoms with E-state index in [1.54, 1.807) is 29.4 Å². The SMILES string of the molecule is CCNc1cc(C(=O)NC(Cc2ccccc2)C(O)CNCc2cccnc2)cc(N2CCCC2=O)c1. The number of pyridine rings is 1. The predicted octanol–water partition coefficient (Wildman–Crippen LogP) is 3.13. The van der Waals surface area contributed by atoms with Crippen LogP contribution in [0.15, 0.2) is 73.1 Å². The molecule has 1 aliphatic rings. The molecule has 2 atom stereocenters. The molecule has 8 heteroatoms. The maximum atomic E-state index is 13.5. The van der Waals surface area contributed by atoms with Crippen LogP contribution in [0.4, 0.5) is 11.4 Å². The van der Waals surface area contributed by atoms with Crippen LogP contribution < -0.4 is 20.9 Å². The number of hydrogen-bond acceptors (Lipinski definition) is 6. The molecule has 0 bridgehead atoms. The highest BCUT2D eigenvalue weighted by atomic mass is 16.3. The average Bonchev–Trinajstić information content (AvgIpc) is 3.35. The zero-order valence-electron chi connectivity index (χ0n) is 21.2. The number of nitrogens with one attached hydrogen (secondary N) is 3. The van der Waals surface area contributed by atoms with E-state index in [2.05, 4.69) is 20.9 Å². The summed E-state index contributed by atoms with van der Waals surface area (Å²) in [5.74, 6) is -0.225. The van der Waals surface area contributed by atoms with Gasteiger partial charge in [0.15, 0.2) is 0 Å². The van der Waals surface area contributed by atoms with Crippen LogP contribution in [0.5, 0.6) is 0 Å². The fourth-order valence-corrected chi connectivity index (χ4v) is 4.54. The molecule has 4 rings (SSSR count). The van der Waals surface area contributed by atoms with E-state index in [0.29, 0.717) is 50.3 Å². The van der Waals surface area contributed by atoms with Crippen LogP contribution in [-0.4, -0.2) is 53.7 Å². The number of benzene rings is 2. The second-order valence-corrected chi connectivity index (χ2v) is 9.28. The molecule has 1 aliphatic heterocycles. The van der Waals surface area contributed by atoms with Crippen LogP contribution in [0.3, 0.4) is 0 Å². The van der Waals surface area contributed by atoms with E-state index < -0.39 is 12.1 Å². The minimum absolute atomic E-state index is 0.0667. The number of hydrogen-bond donors (Lipinski definition) is 4. The van der Waals surface area contributed by atoms with Gasteiger partial charge in [-0.1, -0.05) is 36.4 Å². The lowest BCUT2D eigenvalue weighted by atomic mass is 10.00. The summed E-state index contributed by atoms with van der Waals surface area (Å²) in [5.41, 5.74) is 3.97. The van der Waals surface area contributed by atoms with Crippen molar-refractivity contribution in [1.29, 1.82) is 0 Å². The van der Waals surface area contributed by atoms with Gasteiger partial charge in [0.25, 0.3) is 5.91 Å². The standard InChI is InChI=1S/C29H35N5O3/c1-2-32-24-15-23(16-25(17-24)34-13-7-11-28(34)36)29(37)33-26(14-21-8-4-3-5-9-21)27(35)20-31-19-22-10-6-12-30-18-22/h3-6,8-10,12,15-18,26-27,31-32,35H,2,7,11,13-14,19-20H2,1H3,(H,33,37). The fourth-order valence-electron chi connectivity index (χ4n) is 4.54. The van der Waals surface area contributed by atoms with E-state index in [4.69, 9.17) is 0 Å². The lowest BCUT2D eigenvalue weighted by Gasteiger charge is -2.25.